The minimum atomic E-state index is 0.851. The van der Waals surface area contributed by atoms with Crippen LogP contribution in [0.4, 0.5) is 0 Å². The number of isothiocyanates is 1. The smallest absolute Gasteiger partial charge is 0.0584 e. The average Bonchev–Trinajstić information content (AvgIpc) is 2.02. The standard InChI is InChI=1S/C10H19NS/c1-10(2)7-5-3-4-6-8-11-9-12/h10H,3-8H2,1-2H3. The molecule has 0 aromatic heterocycles. The summed E-state index contributed by atoms with van der Waals surface area (Å²) in [7, 11) is 0. The van der Waals surface area contributed by atoms with Crippen molar-refractivity contribution in [1.82, 2.24) is 0 Å². The van der Waals surface area contributed by atoms with Gasteiger partial charge in [-0.05, 0) is 24.6 Å². The SMILES string of the molecule is CC(C)CCCCCCN=C=S. The molecule has 0 heterocycles. The molecule has 0 atom stereocenters. The summed E-state index contributed by atoms with van der Waals surface area (Å²) in [6.07, 6.45) is 6.51. The lowest BCUT2D eigenvalue weighted by atomic mass is 10.0. The van der Waals surface area contributed by atoms with E-state index in [2.05, 4.69) is 36.2 Å². The highest BCUT2D eigenvalue weighted by Crippen LogP contribution is 2.09. The van der Waals surface area contributed by atoms with E-state index in [0.29, 0.717) is 0 Å². The van der Waals surface area contributed by atoms with Crippen LogP contribution >= 0.6 is 12.2 Å². The second-order valence-electron chi connectivity index (χ2n) is 3.57. The summed E-state index contributed by atoms with van der Waals surface area (Å²) in [5, 5.41) is 2.39. The first kappa shape index (κ1) is 11.8. The van der Waals surface area contributed by atoms with Crippen LogP contribution in [0.15, 0.2) is 4.99 Å². The fourth-order valence-corrected chi connectivity index (χ4v) is 1.23. The third-order valence-electron chi connectivity index (χ3n) is 1.87. The van der Waals surface area contributed by atoms with E-state index in [1.165, 1.54) is 32.1 Å². The molecule has 12 heavy (non-hydrogen) atoms. The van der Waals surface area contributed by atoms with E-state index in [9.17, 15) is 0 Å². The third kappa shape index (κ3) is 9.80. The Labute approximate surface area is 81.3 Å². The monoisotopic (exact) mass is 185 g/mol. The number of thiocarbonyl (C=S) groups is 1. The van der Waals surface area contributed by atoms with Crippen molar-refractivity contribution in [3.63, 3.8) is 0 Å². The van der Waals surface area contributed by atoms with Crippen molar-refractivity contribution in [2.75, 3.05) is 6.54 Å². The average molecular weight is 185 g/mol. The fraction of sp³-hybridized carbons (Fsp3) is 0.900. The van der Waals surface area contributed by atoms with E-state index >= 15 is 0 Å². The molecular formula is C10H19NS. The van der Waals surface area contributed by atoms with Gasteiger partial charge in [-0.25, -0.2) is 4.99 Å². The predicted octanol–water partition coefficient (Wildman–Crippen LogP) is 3.70. The highest BCUT2D eigenvalue weighted by atomic mass is 32.1. The van der Waals surface area contributed by atoms with Gasteiger partial charge in [0, 0.05) is 6.54 Å². The number of rotatable bonds is 7. The van der Waals surface area contributed by atoms with Crippen molar-refractivity contribution < 1.29 is 0 Å². The third-order valence-corrected chi connectivity index (χ3v) is 2.00. The summed E-state index contributed by atoms with van der Waals surface area (Å²) in [6, 6.07) is 0. The first-order valence-corrected chi connectivity index (χ1v) is 5.22. The molecule has 0 aliphatic carbocycles. The molecule has 0 aromatic rings. The van der Waals surface area contributed by atoms with Gasteiger partial charge >= 0.3 is 0 Å². The molecule has 0 spiro atoms. The fourth-order valence-electron chi connectivity index (χ4n) is 1.14. The second kappa shape index (κ2) is 8.89. The lowest BCUT2D eigenvalue weighted by Gasteiger charge is -2.02. The van der Waals surface area contributed by atoms with Gasteiger partial charge in [0.1, 0.15) is 0 Å². The number of aliphatic imine (C=N–C) groups is 1. The minimum absolute atomic E-state index is 0.851. The summed E-state index contributed by atoms with van der Waals surface area (Å²) in [5.74, 6) is 0.851. The lowest BCUT2D eigenvalue weighted by Crippen LogP contribution is -1.87. The summed E-state index contributed by atoms with van der Waals surface area (Å²) in [6.45, 7) is 5.41. The molecule has 0 saturated heterocycles. The first-order chi connectivity index (χ1) is 5.77. The Bertz CT molecular complexity index is 137. The molecule has 0 aliphatic rings. The van der Waals surface area contributed by atoms with E-state index in [1.807, 2.05) is 0 Å². The Morgan fingerprint density at radius 3 is 2.42 bits per heavy atom. The first-order valence-electron chi connectivity index (χ1n) is 4.81. The van der Waals surface area contributed by atoms with Gasteiger partial charge in [-0.1, -0.05) is 39.5 Å². The predicted molar refractivity (Wildman–Crippen MR) is 57.8 cm³/mol. The maximum Gasteiger partial charge on any atom is 0.0584 e. The molecule has 1 nitrogen and oxygen atoms in total. The van der Waals surface area contributed by atoms with Crippen LogP contribution in [0.3, 0.4) is 0 Å². The Hall–Kier alpha value is -0.200. The Balaban J connectivity index is 2.95. The van der Waals surface area contributed by atoms with Crippen molar-refractivity contribution in [2.24, 2.45) is 10.9 Å². The molecule has 2 heteroatoms. The summed E-state index contributed by atoms with van der Waals surface area (Å²) < 4.78 is 0. The van der Waals surface area contributed by atoms with Crippen LogP contribution in [0, 0.1) is 5.92 Å². The molecule has 0 aromatic carbocycles. The number of hydrogen-bond donors (Lipinski definition) is 0. The van der Waals surface area contributed by atoms with Crippen LogP contribution in [-0.2, 0) is 0 Å². The molecule has 70 valence electrons. The molecule has 0 saturated carbocycles. The highest BCUT2D eigenvalue weighted by Gasteiger charge is 1.93. The molecule has 0 N–H and O–H groups in total. The summed E-state index contributed by atoms with van der Waals surface area (Å²) in [4.78, 5) is 3.87. The number of unbranched alkanes of at least 4 members (excludes halogenated alkanes) is 3. The van der Waals surface area contributed by atoms with Gasteiger partial charge in [-0.2, -0.15) is 0 Å². The van der Waals surface area contributed by atoms with Crippen molar-refractivity contribution in [3.05, 3.63) is 0 Å². The van der Waals surface area contributed by atoms with Gasteiger partial charge in [0.25, 0.3) is 0 Å². The Morgan fingerprint density at radius 2 is 1.83 bits per heavy atom. The van der Waals surface area contributed by atoms with E-state index in [4.69, 9.17) is 0 Å². The largest absolute Gasteiger partial charge is 0.233 e. The molecule has 0 amide bonds. The van der Waals surface area contributed by atoms with Gasteiger partial charge in [-0.15, -0.1) is 0 Å². The zero-order chi connectivity index (χ0) is 9.23. The van der Waals surface area contributed by atoms with E-state index < -0.39 is 0 Å². The van der Waals surface area contributed by atoms with E-state index in [0.717, 1.165) is 12.5 Å². The van der Waals surface area contributed by atoms with Crippen molar-refractivity contribution in [1.29, 1.82) is 0 Å². The number of hydrogen-bond acceptors (Lipinski definition) is 2. The van der Waals surface area contributed by atoms with Gasteiger partial charge in [0.2, 0.25) is 0 Å². The van der Waals surface area contributed by atoms with Crippen molar-refractivity contribution >= 4 is 17.4 Å². The van der Waals surface area contributed by atoms with Crippen molar-refractivity contribution in [3.8, 4) is 0 Å². The molecular weight excluding hydrogens is 166 g/mol. The van der Waals surface area contributed by atoms with Gasteiger partial charge in [-0.3, -0.25) is 0 Å². The van der Waals surface area contributed by atoms with Crippen LogP contribution in [-0.4, -0.2) is 11.7 Å². The Kier molecular flexibility index (Phi) is 8.74. The number of nitrogens with zero attached hydrogens (tertiary/aromatic N) is 1. The molecule has 0 rings (SSSR count). The summed E-state index contributed by atoms with van der Waals surface area (Å²) >= 11 is 4.47. The van der Waals surface area contributed by atoms with Crippen LogP contribution in [0.1, 0.15) is 46.0 Å². The van der Waals surface area contributed by atoms with E-state index in [-0.39, 0.29) is 0 Å². The van der Waals surface area contributed by atoms with Crippen LogP contribution in [0.5, 0.6) is 0 Å². The molecule has 0 fully saturated rings. The molecule has 0 aliphatic heterocycles. The van der Waals surface area contributed by atoms with Crippen LogP contribution < -0.4 is 0 Å². The van der Waals surface area contributed by atoms with Crippen LogP contribution in [0.2, 0.25) is 0 Å². The zero-order valence-electron chi connectivity index (χ0n) is 8.18. The Morgan fingerprint density at radius 1 is 1.17 bits per heavy atom. The van der Waals surface area contributed by atoms with Gasteiger partial charge in [0.05, 0.1) is 5.16 Å². The normalized spacial score (nSPS) is 9.92. The van der Waals surface area contributed by atoms with Crippen LogP contribution in [0.25, 0.3) is 0 Å². The molecule has 0 radical (unpaired) electrons. The van der Waals surface area contributed by atoms with Crippen molar-refractivity contribution in [2.45, 2.75) is 46.0 Å². The zero-order valence-corrected chi connectivity index (χ0v) is 8.99. The molecule has 0 unspecified atom stereocenters. The van der Waals surface area contributed by atoms with E-state index in [1.54, 1.807) is 0 Å². The lowest BCUT2D eigenvalue weighted by molar-refractivity contribution is 0.522. The quantitative estimate of drug-likeness (QED) is 0.335. The summed E-state index contributed by atoms with van der Waals surface area (Å²) in [5.41, 5.74) is 0. The topological polar surface area (TPSA) is 12.4 Å². The highest BCUT2D eigenvalue weighted by molar-refractivity contribution is 7.78. The second-order valence-corrected chi connectivity index (χ2v) is 3.75. The maximum atomic E-state index is 4.47. The maximum absolute atomic E-state index is 4.47. The molecule has 0 bridgehead atoms. The van der Waals surface area contributed by atoms with Gasteiger partial charge < -0.3 is 0 Å². The van der Waals surface area contributed by atoms with Gasteiger partial charge in [0.15, 0.2) is 0 Å². The minimum Gasteiger partial charge on any atom is -0.233 e.